The van der Waals surface area contributed by atoms with E-state index in [1.807, 2.05) is 0 Å². The standard InChI is InChI=1S/C13H19N3O2/c17-13(18)10-2-1-7-16-8-11(15-12(10)16)9-3-5-14-6-4-9/h8-10,14H,1-7H2,(H,17,18). The first-order valence-electron chi connectivity index (χ1n) is 6.76. The van der Waals surface area contributed by atoms with Crippen molar-refractivity contribution in [2.45, 2.75) is 44.1 Å². The number of piperidine rings is 1. The Labute approximate surface area is 106 Å². The molecule has 0 amide bonds. The second kappa shape index (κ2) is 4.72. The van der Waals surface area contributed by atoms with E-state index in [-0.39, 0.29) is 0 Å². The maximum atomic E-state index is 11.2. The van der Waals surface area contributed by atoms with Gasteiger partial charge in [-0.15, -0.1) is 0 Å². The number of nitrogens with zero attached hydrogens (tertiary/aromatic N) is 2. The first-order chi connectivity index (χ1) is 8.75. The third-order valence-corrected chi connectivity index (χ3v) is 4.09. The predicted octanol–water partition coefficient (Wildman–Crippen LogP) is 1.31. The number of aliphatic carboxylic acids is 1. The largest absolute Gasteiger partial charge is 0.481 e. The van der Waals surface area contributed by atoms with Gasteiger partial charge in [-0.2, -0.15) is 0 Å². The van der Waals surface area contributed by atoms with E-state index < -0.39 is 11.9 Å². The van der Waals surface area contributed by atoms with E-state index >= 15 is 0 Å². The number of carbonyl (C=O) groups is 1. The average molecular weight is 249 g/mol. The van der Waals surface area contributed by atoms with Crippen LogP contribution in [0.1, 0.15) is 49.0 Å². The summed E-state index contributed by atoms with van der Waals surface area (Å²) in [5.41, 5.74) is 1.10. The van der Waals surface area contributed by atoms with Crippen molar-refractivity contribution in [1.29, 1.82) is 0 Å². The van der Waals surface area contributed by atoms with Crippen molar-refractivity contribution < 1.29 is 9.90 Å². The number of fused-ring (bicyclic) bond motifs is 1. The zero-order chi connectivity index (χ0) is 12.5. The molecule has 2 aliphatic heterocycles. The molecule has 0 aromatic carbocycles. The van der Waals surface area contributed by atoms with E-state index in [2.05, 4.69) is 21.1 Å². The Morgan fingerprint density at radius 2 is 2.17 bits per heavy atom. The van der Waals surface area contributed by atoms with Crippen molar-refractivity contribution >= 4 is 5.97 Å². The second-order valence-electron chi connectivity index (χ2n) is 5.27. The first kappa shape index (κ1) is 11.7. The highest BCUT2D eigenvalue weighted by Gasteiger charge is 2.30. The van der Waals surface area contributed by atoms with Crippen molar-refractivity contribution in [2.75, 3.05) is 13.1 Å². The molecule has 2 N–H and O–H groups in total. The van der Waals surface area contributed by atoms with Gasteiger partial charge in [0, 0.05) is 18.7 Å². The lowest BCUT2D eigenvalue weighted by molar-refractivity contribution is -0.139. The molecule has 2 aliphatic rings. The lowest BCUT2D eigenvalue weighted by atomic mass is 9.95. The minimum atomic E-state index is -0.738. The smallest absolute Gasteiger partial charge is 0.314 e. The maximum absolute atomic E-state index is 11.2. The molecule has 3 heterocycles. The summed E-state index contributed by atoms with van der Waals surface area (Å²) in [5, 5.41) is 12.6. The number of carboxylic acid groups (broad SMARTS) is 1. The van der Waals surface area contributed by atoms with E-state index in [9.17, 15) is 9.90 Å². The molecule has 5 nitrogen and oxygen atoms in total. The van der Waals surface area contributed by atoms with Crippen LogP contribution in [0.15, 0.2) is 6.20 Å². The van der Waals surface area contributed by atoms with E-state index in [4.69, 9.17) is 0 Å². The fourth-order valence-electron chi connectivity index (χ4n) is 3.05. The molecule has 0 bridgehead atoms. The van der Waals surface area contributed by atoms with Gasteiger partial charge in [-0.25, -0.2) is 4.98 Å². The summed E-state index contributed by atoms with van der Waals surface area (Å²) in [4.78, 5) is 15.9. The predicted molar refractivity (Wildman–Crippen MR) is 66.7 cm³/mol. The van der Waals surface area contributed by atoms with E-state index in [0.29, 0.717) is 5.92 Å². The molecular weight excluding hydrogens is 230 g/mol. The number of imidazole rings is 1. The molecule has 0 saturated carbocycles. The summed E-state index contributed by atoms with van der Waals surface area (Å²) in [6, 6.07) is 0. The van der Waals surface area contributed by atoms with Crippen LogP contribution in [0.25, 0.3) is 0 Å². The Morgan fingerprint density at radius 1 is 1.39 bits per heavy atom. The van der Waals surface area contributed by atoms with Crippen LogP contribution < -0.4 is 5.32 Å². The molecule has 1 unspecified atom stereocenters. The monoisotopic (exact) mass is 249 g/mol. The van der Waals surface area contributed by atoms with Crippen LogP contribution in [0.3, 0.4) is 0 Å². The van der Waals surface area contributed by atoms with Crippen LogP contribution in [0.2, 0.25) is 0 Å². The highest BCUT2D eigenvalue weighted by Crippen LogP contribution is 2.31. The molecule has 98 valence electrons. The van der Waals surface area contributed by atoms with Crippen LogP contribution in [0.5, 0.6) is 0 Å². The van der Waals surface area contributed by atoms with Gasteiger partial charge in [0.25, 0.3) is 0 Å². The van der Waals surface area contributed by atoms with Crippen LogP contribution in [0, 0.1) is 0 Å². The van der Waals surface area contributed by atoms with Crippen LogP contribution in [-0.4, -0.2) is 33.7 Å². The van der Waals surface area contributed by atoms with E-state index in [1.54, 1.807) is 0 Å². The molecule has 1 atom stereocenters. The third-order valence-electron chi connectivity index (χ3n) is 4.09. The number of hydrogen-bond donors (Lipinski definition) is 2. The van der Waals surface area contributed by atoms with Crippen molar-refractivity contribution in [3.05, 3.63) is 17.7 Å². The summed E-state index contributed by atoms with van der Waals surface area (Å²) >= 11 is 0. The molecule has 0 spiro atoms. The van der Waals surface area contributed by atoms with E-state index in [0.717, 1.165) is 56.8 Å². The minimum Gasteiger partial charge on any atom is -0.481 e. The van der Waals surface area contributed by atoms with Crippen molar-refractivity contribution in [2.24, 2.45) is 0 Å². The molecular formula is C13H19N3O2. The Kier molecular flexibility index (Phi) is 3.07. The summed E-state index contributed by atoms with van der Waals surface area (Å²) in [5.74, 6) is 0.119. The Bertz CT molecular complexity index is 449. The lowest BCUT2D eigenvalue weighted by Gasteiger charge is -2.20. The molecule has 3 rings (SSSR count). The Hall–Kier alpha value is -1.36. The summed E-state index contributed by atoms with van der Waals surface area (Å²) < 4.78 is 2.06. The van der Waals surface area contributed by atoms with Crippen LogP contribution in [-0.2, 0) is 11.3 Å². The van der Waals surface area contributed by atoms with Gasteiger partial charge in [-0.05, 0) is 38.8 Å². The van der Waals surface area contributed by atoms with Gasteiger partial charge in [0.05, 0.1) is 5.69 Å². The summed E-state index contributed by atoms with van der Waals surface area (Å²) in [6.45, 7) is 2.99. The van der Waals surface area contributed by atoms with Crippen LogP contribution in [0.4, 0.5) is 0 Å². The summed E-state index contributed by atoms with van der Waals surface area (Å²) in [7, 11) is 0. The SMILES string of the molecule is O=C(O)C1CCCn2cc(C3CCNCC3)nc21. The highest BCUT2D eigenvalue weighted by atomic mass is 16.4. The van der Waals surface area contributed by atoms with Gasteiger partial charge < -0.3 is 15.0 Å². The molecule has 1 saturated heterocycles. The second-order valence-corrected chi connectivity index (χ2v) is 5.27. The van der Waals surface area contributed by atoms with Crippen molar-refractivity contribution in [1.82, 2.24) is 14.9 Å². The number of aromatic nitrogens is 2. The molecule has 1 aromatic heterocycles. The Balaban J connectivity index is 1.88. The molecule has 18 heavy (non-hydrogen) atoms. The zero-order valence-electron chi connectivity index (χ0n) is 10.4. The first-order valence-corrected chi connectivity index (χ1v) is 6.76. The van der Waals surface area contributed by atoms with Crippen molar-refractivity contribution in [3.8, 4) is 0 Å². The zero-order valence-corrected chi connectivity index (χ0v) is 10.4. The number of rotatable bonds is 2. The fourth-order valence-corrected chi connectivity index (χ4v) is 3.05. The van der Waals surface area contributed by atoms with Gasteiger partial charge in [0.15, 0.2) is 0 Å². The van der Waals surface area contributed by atoms with Gasteiger partial charge in [-0.1, -0.05) is 0 Å². The molecule has 1 fully saturated rings. The van der Waals surface area contributed by atoms with Gasteiger partial charge in [0.1, 0.15) is 11.7 Å². The molecule has 0 radical (unpaired) electrons. The van der Waals surface area contributed by atoms with Gasteiger partial charge >= 0.3 is 5.97 Å². The molecule has 0 aliphatic carbocycles. The average Bonchev–Trinajstić information content (AvgIpc) is 2.83. The Morgan fingerprint density at radius 3 is 2.89 bits per heavy atom. The fraction of sp³-hybridized carbons (Fsp3) is 0.692. The third kappa shape index (κ3) is 2.03. The highest BCUT2D eigenvalue weighted by molar-refractivity contribution is 5.75. The normalized spacial score (nSPS) is 24.8. The quantitative estimate of drug-likeness (QED) is 0.829. The summed E-state index contributed by atoms with van der Waals surface area (Å²) in [6.07, 6.45) is 5.95. The minimum absolute atomic E-state index is 0.408. The van der Waals surface area contributed by atoms with E-state index in [1.165, 1.54) is 0 Å². The molecule has 1 aromatic rings. The molecule has 5 heteroatoms. The van der Waals surface area contributed by atoms with Gasteiger partial charge in [0.2, 0.25) is 0 Å². The number of aryl methyl sites for hydroxylation is 1. The lowest BCUT2D eigenvalue weighted by Crippen LogP contribution is -2.26. The van der Waals surface area contributed by atoms with Crippen LogP contribution >= 0.6 is 0 Å². The maximum Gasteiger partial charge on any atom is 0.314 e. The number of nitrogens with one attached hydrogen (secondary N) is 1. The van der Waals surface area contributed by atoms with Crippen molar-refractivity contribution in [3.63, 3.8) is 0 Å². The number of hydrogen-bond acceptors (Lipinski definition) is 3. The van der Waals surface area contributed by atoms with Gasteiger partial charge in [-0.3, -0.25) is 4.79 Å². The number of carboxylic acids is 1. The topological polar surface area (TPSA) is 67.2 Å².